The fraction of sp³-hybridized carbons (Fsp3) is 0. The number of allylic oxidation sites excluding steroid dienone is 1. The Morgan fingerprint density at radius 3 is 2.17 bits per heavy atom. The Balaban J connectivity index is 2.17. The van der Waals surface area contributed by atoms with Crippen molar-refractivity contribution >= 4 is 16.6 Å². The summed E-state index contributed by atoms with van der Waals surface area (Å²) in [6, 6.07) is 11.0. The Morgan fingerprint density at radius 1 is 1.00 bits per heavy atom. The van der Waals surface area contributed by atoms with Crippen molar-refractivity contribution < 1.29 is 8.78 Å². The molecule has 1 aliphatic carbocycles. The highest BCUT2D eigenvalue weighted by atomic mass is 19.2. The van der Waals surface area contributed by atoms with E-state index in [1.165, 1.54) is 0 Å². The van der Waals surface area contributed by atoms with Gasteiger partial charge in [0.2, 0.25) is 0 Å². The quantitative estimate of drug-likeness (QED) is 0.363. The highest BCUT2D eigenvalue weighted by molar-refractivity contribution is 6.02. The lowest BCUT2D eigenvalue weighted by Gasteiger charge is -2.04. The summed E-state index contributed by atoms with van der Waals surface area (Å²) >= 11 is 0. The van der Waals surface area contributed by atoms with E-state index in [2.05, 4.69) is 14.8 Å². The number of halogens is 2. The van der Waals surface area contributed by atoms with Gasteiger partial charge in [-0.1, -0.05) is 24.3 Å². The van der Waals surface area contributed by atoms with E-state index in [1.807, 2.05) is 6.07 Å². The van der Waals surface area contributed by atoms with Gasteiger partial charge in [-0.25, -0.2) is 28.9 Å². The van der Waals surface area contributed by atoms with E-state index in [0.717, 1.165) is 12.1 Å². The van der Waals surface area contributed by atoms with E-state index in [4.69, 9.17) is 6.57 Å². The van der Waals surface area contributed by atoms with Crippen LogP contribution in [0.2, 0.25) is 0 Å². The number of hydrogen-bond acceptors (Lipinski definition) is 3. The summed E-state index contributed by atoms with van der Waals surface area (Å²) in [6.07, 6.45) is 0. The Hall–Kier alpha value is -3.64. The molecule has 0 aliphatic heterocycles. The molecule has 0 unspecified atom stereocenters. The molecule has 1 heterocycles. The maximum absolute atomic E-state index is 13.5. The first kappa shape index (κ1) is 14.0. The van der Waals surface area contributed by atoms with Crippen molar-refractivity contribution in [3.63, 3.8) is 0 Å². The van der Waals surface area contributed by atoms with Crippen molar-refractivity contribution in [1.82, 2.24) is 9.97 Å². The average Bonchev–Trinajstić information content (AvgIpc) is 2.90. The minimum absolute atomic E-state index is 0.113. The first-order valence-corrected chi connectivity index (χ1v) is 6.93. The first-order valence-electron chi connectivity index (χ1n) is 6.93. The molecular formula is C18H6F2N4. The monoisotopic (exact) mass is 316 g/mol. The molecule has 2 aromatic carbocycles. The third-order valence-corrected chi connectivity index (χ3v) is 3.85. The lowest BCUT2D eigenvalue weighted by Crippen LogP contribution is -1.96. The molecule has 112 valence electrons. The van der Waals surface area contributed by atoms with Crippen LogP contribution < -0.4 is 0 Å². The van der Waals surface area contributed by atoms with Gasteiger partial charge in [-0.15, -0.1) is 0 Å². The Bertz CT molecular complexity index is 1130. The Kier molecular flexibility index (Phi) is 2.88. The van der Waals surface area contributed by atoms with Crippen molar-refractivity contribution in [2.45, 2.75) is 0 Å². The van der Waals surface area contributed by atoms with Crippen molar-refractivity contribution in [3.05, 3.63) is 76.4 Å². The van der Waals surface area contributed by atoms with E-state index in [9.17, 15) is 14.0 Å². The summed E-state index contributed by atoms with van der Waals surface area (Å²) in [5.41, 5.74) is 2.80. The highest BCUT2D eigenvalue weighted by Gasteiger charge is 2.29. The highest BCUT2D eigenvalue weighted by Crippen LogP contribution is 2.44. The molecule has 0 spiro atoms. The lowest BCUT2D eigenvalue weighted by atomic mass is 10.0. The second-order valence-corrected chi connectivity index (χ2v) is 5.17. The number of rotatable bonds is 0. The maximum Gasteiger partial charge on any atom is 0.271 e. The van der Waals surface area contributed by atoms with Crippen LogP contribution in [-0.2, 0) is 0 Å². The summed E-state index contributed by atoms with van der Waals surface area (Å²) in [7, 11) is 0. The molecule has 0 N–H and O–H groups in total. The number of nitrogens with zero attached hydrogens (tertiary/aromatic N) is 4. The van der Waals surface area contributed by atoms with Gasteiger partial charge in [0.15, 0.2) is 11.6 Å². The van der Waals surface area contributed by atoms with Crippen LogP contribution in [0, 0.1) is 29.5 Å². The van der Waals surface area contributed by atoms with Gasteiger partial charge in [-0.2, -0.15) is 0 Å². The van der Waals surface area contributed by atoms with Gasteiger partial charge in [0, 0.05) is 23.3 Å². The number of hydrogen-bond donors (Lipinski definition) is 0. The largest absolute Gasteiger partial charge is 0.271 e. The van der Waals surface area contributed by atoms with Crippen LogP contribution >= 0.6 is 0 Å². The van der Waals surface area contributed by atoms with Gasteiger partial charge in [-0.3, -0.25) is 0 Å². The maximum atomic E-state index is 13.5. The van der Waals surface area contributed by atoms with Gasteiger partial charge < -0.3 is 0 Å². The molecule has 0 amide bonds. The van der Waals surface area contributed by atoms with Crippen molar-refractivity contribution in [3.8, 4) is 17.3 Å². The number of fused-ring (bicyclic) bond motifs is 4. The zero-order chi connectivity index (χ0) is 16.8. The zero-order valence-corrected chi connectivity index (χ0v) is 12.0. The fourth-order valence-electron chi connectivity index (χ4n) is 2.83. The lowest BCUT2D eigenvalue weighted by molar-refractivity contribution is 0.510. The number of benzene rings is 2. The van der Waals surface area contributed by atoms with Crippen LogP contribution in [0.3, 0.4) is 0 Å². The van der Waals surface area contributed by atoms with Crippen molar-refractivity contribution in [2.75, 3.05) is 0 Å². The van der Waals surface area contributed by atoms with E-state index < -0.39 is 11.6 Å². The van der Waals surface area contributed by atoms with Gasteiger partial charge in [-0.05, 0) is 5.56 Å². The normalized spacial score (nSPS) is 13.8. The molecule has 1 aromatic heterocycles. The van der Waals surface area contributed by atoms with Crippen LogP contribution in [0.25, 0.3) is 32.7 Å². The van der Waals surface area contributed by atoms with E-state index in [-0.39, 0.29) is 16.7 Å². The number of aromatic nitrogens is 2. The number of nitriles is 1. The third-order valence-electron chi connectivity index (χ3n) is 3.85. The van der Waals surface area contributed by atoms with Crippen molar-refractivity contribution in [1.29, 1.82) is 5.26 Å². The van der Waals surface area contributed by atoms with Crippen LogP contribution in [0.4, 0.5) is 8.78 Å². The van der Waals surface area contributed by atoms with E-state index in [0.29, 0.717) is 28.1 Å². The molecule has 0 fully saturated rings. The third kappa shape index (κ3) is 1.81. The summed E-state index contributed by atoms with van der Waals surface area (Å²) in [5.74, 6) is -2.03. The van der Waals surface area contributed by atoms with Gasteiger partial charge in [0.1, 0.15) is 0 Å². The molecular weight excluding hydrogens is 310 g/mol. The summed E-state index contributed by atoms with van der Waals surface area (Å²) in [5, 5.41) is 9.25. The Labute approximate surface area is 135 Å². The molecule has 0 saturated carbocycles. The molecule has 0 radical (unpaired) electrons. The van der Waals surface area contributed by atoms with Crippen LogP contribution in [0.15, 0.2) is 42.1 Å². The molecule has 0 bridgehead atoms. The fourth-order valence-corrected chi connectivity index (χ4v) is 2.83. The predicted octanol–water partition coefficient (Wildman–Crippen LogP) is 4.09. The molecule has 6 heteroatoms. The SMILES string of the molecule is [C-]#[N+]/C(C#N)=C1/c2ccccc2-c2nc3cc(F)c(F)cc3nc21. The smallest absolute Gasteiger partial charge is 0.245 e. The topological polar surface area (TPSA) is 53.9 Å². The summed E-state index contributed by atoms with van der Waals surface area (Å²) in [4.78, 5) is 12.0. The minimum atomic E-state index is -1.02. The van der Waals surface area contributed by atoms with Crippen LogP contribution in [0.5, 0.6) is 0 Å². The molecule has 4 nitrogen and oxygen atoms in total. The van der Waals surface area contributed by atoms with Gasteiger partial charge in [0.05, 0.1) is 35.1 Å². The summed E-state index contributed by atoms with van der Waals surface area (Å²) in [6.45, 7) is 7.22. The molecule has 24 heavy (non-hydrogen) atoms. The molecule has 1 aliphatic rings. The van der Waals surface area contributed by atoms with Crippen LogP contribution in [0.1, 0.15) is 11.3 Å². The zero-order valence-electron chi connectivity index (χ0n) is 12.0. The summed E-state index contributed by atoms with van der Waals surface area (Å²) < 4.78 is 27.0. The standard InChI is InChI=1S/C18H6F2N4/c1-22-15(8-21)16-9-4-2-3-5-10(9)17-18(16)24-14-7-12(20)11(19)6-13(14)23-17/h2-7H/b16-15-. The van der Waals surface area contributed by atoms with Crippen molar-refractivity contribution in [2.24, 2.45) is 0 Å². The average molecular weight is 316 g/mol. The molecule has 4 rings (SSSR count). The first-order chi connectivity index (χ1) is 11.6. The van der Waals surface area contributed by atoms with Crippen LogP contribution in [-0.4, -0.2) is 9.97 Å². The second-order valence-electron chi connectivity index (χ2n) is 5.17. The van der Waals surface area contributed by atoms with Gasteiger partial charge >= 0.3 is 0 Å². The predicted molar refractivity (Wildman–Crippen MR) is 83.1 cm³/mol. The molecule has 0 saturated heterocycles. The van der Waals surface area contributed by atoms with E-state index >= 15 is 0 Å². The molecule has 0 atom stereocenters. The Morgan fingerprint density at radius 2 is 1.58 bits per heavy atom. The molecule has 3 aromatic rings. The van der Waals surface area contributed by atoms with Gasteiger partial charge in [0.25, 0.3) is 5.70 Å². The van der Waals surface area contributed by atoms with E-state index in [1.54, 1.807) is 24.3 Å². The second kappa shape index (κ2) is 4.94. The minimum Gasteiger partial charge on any atom is -0.245 e.